The normalized spacial score (nSPS) is 26.0. The van der Waals surface area contributed by atoms with Crippen molar-refractivity contribution in [2.24, 2.45) is 0 Å². The number of fused-ring (bicyclic) bond motifs is 2. The summed E-state index contributed by atoms with van der Waals surface area (Å²) in [5, 5.41) is 2.84. The molecule has 0 unspecified atom stereocenters. The molecule has 7 heteroatoms. The smallest absolute Gasteiger partial charge is 0.325 e. The maximum absolute atomic E-state index is 13.0. The van der Waals surface area contributed by atoms with Gasteiger partial charge in [-0.05, 0) is 24.0 Å². The summed E-state index contributed by atoms with van der Waals surface area (Å²) in [4.78, 5) is 40.4. The van der Waals surface area contributed by atoms with Crippen LogP contribution in [-0.2, 0) is 26.3 Å². The molecule has 0 aromatic heterocycles. The molecule has 2 heterocycles. The Morgan fingerprint density at radius 2 is 1.96 bits per heavy atom. The van der Waals surface area contributed by atoms with Crippen LogP contribution in [0.2, 0.25) is 0 Å². The number of amides is 4. The molecule has 24 heavy (non-hydrogen) atoms. The van der Waals surface area contributed by atoms with Crippen LogP contribution in [0.5, 0.6) is 0 Å². The van der Waals surface area contributed by atoms with E-state index in [-0.39, 0.29) is 18.4 Å². The Morgan fingerprint density at radius 1 is 1.21 bits per heavy atom. The molecule has 1 aromatic carbocycles. The van der Waals surface area contributed by atoms with Crippen molar-refractivity contribution >= 4 is 17.8 Å². The van der Waals surface area contributed by atoms with Gasteiger partial charge in [-0.1, -0.05) is 24.3 Å². The minimum Gasteiger partial charge on any atom is -0.378 e. The van der Waals surface area contributed by atoms with Crippen LogP contribution in [0.3, 0.4) is 0 Å². The highest BCUT2D eigenvalue weighted by Gasteiger charge is 2.55. The fourth-order valence-corrected chi connectivity index (χ4v) is 3.78. The van der Waals surface area contributed by atoms with Gasteiger partial charge in [-0.3, -0.25) is 14.5 Å². The molecule has 1 spiro atoms. The number of imide groups is 1. The fourth-order valence-electron chi connectivity index (χ4n) is 3.78. The largest absolute Gasteiger partial charge is 0.378 e. The van der Waals surface area contributed by atoms with Gasteiger partial charge in [0.05, 0.1) is 13.2 Å². The quantitative estimate of drug-likeness (QED) is 0.788. The van der Waals surface area contributed by atoms with Crippen LogP contribution in [0, 0.1) is 0 Å². The van der Waals surface area contributed by atoms with E-state index in [9.17, 15) is 14.4 Å². The van der Waals surface area contributed by atoms with E-state index in [0.29, 0.717) is 32.7 Å². The summed E-state index contributed by atoms with van der Waals surface area (Å²) in [5.41, 5.74) is 0.927. The average molecular weight is 329 g/mol. The third-order valence-electron chi connectivity index (χ3n) is 5.08. The highest BCUT2D eigenvalue weighted by Crippen LogP contribution is 2.41. The summed E-state index contributed by atoms with van der Waals surface area (Å²) >= 11 is 0. The van der Waals surface area contributed by atoms with Crippen molar-refractivity contribution in [1.29, 1.82) is 0 Å². The number of hydrogen-bond donors (Lipinski definition) is 1. The Bertz CT molecular complexity index is 714. The molecule has 1 aliphatic carbocycles. The number of benzene rings is 1. The third kappa shape index (κ3) is 2.19. The van der Waals surface area contributed by atoms with E-state index in [1.165, 1.54) is 0 Å². The van der Waals surface area contributed by atoms with Crippen molar-refractivity contribution in [3.05, 3.63) is 35.4 Å². The van der Waals surface area contributed by atoms with E-state index >= 15 is 0 Å². The van der Waals surface area contributed by atoms with Gasteiger partial charge in [0, 0.05) is 13.1 Å². The van der Waals surface area contributed by atoms with Crippen LogP contribution >= 0.6 is 0 Å². The van der Waals surface area contributed by atoms with Gasteiger partial charge in [-0.2, -0.15) is 0 Å². The number of carbonyl (C=O) groups is 3. The Morgan fingerprint density at radius 3 is 2.75 bits per heavy atom. The molecule has 2 saturated heterocycles. The summed E-state index contributed by atoms with van der Waals surface area (Å²) in [6, 6.07) is 7.17. The average Bonchev–Trinajstić information content (AvgIpc) is 3.10. The zero-order chi connectivity index (χ0) is 16.7. The highest BCUT2D eigenvalue weighted by atomic mass is 16.5. The molecule has 4 rings (SSSR count). The SMILES string of the molecule is O=C(CN1C(=O)N[C@@]2(CCc3ccccc32)C1=O)N1CCOCC1. The van der Waals surface area contributed by atoms with Crippen LogP contribution in [0.25, 0.3) is 0 Å². The summed E-state index contributed by atoms with van der Waals surface area (Å²) in [7, 11) is 0. The first kappa shape index (κ1) is 15.1. The summed E-state index contributed by atoms with van der Waals surface area (Å²) < 4.78 is 5.22. The van der Waals surface area contributed by atoms with Crippen molar-refractivity contribution in [2.75, 3.05) is 32.8 Å². The van der Waals surface area contributed by atoms with Gasteiger partial charge in [0.25, 0.3) is 5.91 Å². The number of hydrogen-bond acceptors (Lipinski definition) is 4. The number of urea groups is 1. The van der Waals surface area contributed by atoms with Crippen molar-refractivity contribution in [2.45, 2.75) is 18.4 Å². The van der Waals surface area contributed by atoms with Crippen LogP contribution in [0.4, 0.5) is 4.79 Å². The minimum absolute atomic E-state index is 0.214. The number of ether oxygens (including phenoxy) is 1. The molecular weight excluding hydrogens is 310 g/mol. The lowest BCUT2D eigenvalue weighted by Crippen LogP contribution is -2.48. The molecule has 126 valence electrons. The summed E-state index contributed by atoms with van der Waals surface area (Å²) in [6.07, 6.45) is 1.28. The van der Waals surface area contributed by atoms with E-state index < -0.39 is 11.6 Å². The summed E-state index contributed by atoms with van der Waals surface area (Å²) in [5.74, 6) is -0.538. The Balaban J connectivity index is 1.55. The molecule has 1 N–H and O–H groups in total. The Hall–Kier alpha value is -2.41. The van der Waals surface area contributed by atoms with E-state index in [1.807, 2.05) is 24.3 Å². The molecule has 1 aromatic rings. The molecule has 3 aliphatic rings. The van der Waals surface area contributed by atoms with Crippen LogP contribution in [-0.4, -0.2) is 60.5 Å². The summed E-state index contributed by atoms with van der Waals surface area (Å²) in [6.45, 7) is 1.76. The van der Waals surface area contributed by atoms with Crippen molar-refractivity contribution < 1.29 is 19.1 Å². The predicted molar refractivity (Wildman–Crippen MR) is 84.1 cm³/mol. The molecule has 0 saturated carbocycles. The van der Waals surface area contributed by atoms with Gasteiger partial charge in [0.15, 0.2) is 0 Å². The molecule has 4 amide bonds. The van der Waals surface area contributed by atoms with Gasteiger partial charge in [-0.25, -0.2) is 4.79 Å². The molecule has 2 fully saturated rings. The van der Waals surface area contributed by atoms with Crippen molar-refractivity contribution in [3.63, 3.8) is 0 Å². The molecule has 1 atom stereocenters. The second kappa shape index (κ2) is 5.59. The van der Waals surface area contributed by atoms with Crippen molar-refractivity contribution in [3.8, 4) is 0 Å². The zero-order valence-electron chi connectivity index (χ0n) is 13.3. The van der Waals surface area contributed by atoms with Gasteiger partial charge >= 0.3 is 6.03 Å². The molecular formula is C17H19N3O4. The highest BCUT2D eigenvalue weighted by molar-refractivity contribution is 6.09. The minimum atomic E-state index is -1.00. The predicted octanol–water partition coefficient (Wildman–Crippen LogP) is 0.239. The standard InChI is InChI=1S/C17H19N3O4/c21-14(19-7-9-24-10-8-19)11-20-15(22)17(18-16(20)23)6-5-12-3-1-2-4-13(12)17/h1-4H,5-11H2,(H,18,23)/t17-/m1/s1. The lowest BCUT2D eigenvalue weighted by atomic mass is 9.92. The number of morpholine rings is 1. The second-order valence-electron chi connectivity index (χ2n) is 6.38. The van der Waals surface area contributed by atoms with Gasteiger partial charge in [0.2, 0.25) is 5.91 Å². The van der Waals surface area contributed by atoms with Crippen LogP contribution < -0.4 is 5.32 Å². The van der Waals surface area contributed by atoms with Crippen LogP contribution in [0.1, 0.15) is 17.5 Å². The molecule has 0 bridgehead atoms. The first-order valence-corrected chi connectivity index (χ1v) is 8.20. The first-order valence-electron chi connectivity index (χ1n) is 8.20. The Kier molecular flexibility index (Phi) is 3.53. The maximum atomic E-state index is 13.0. The van der Waals surface area contributed by atoms with E-state index in [4.69, 9.17) is 4.74 Å². The van der Waals surface area contributed by atoms with Crippen molar-refractivity contribution in [1.82, 2.24) is 15.1 Å². The number of nitrogens with zero attached hydrogens (tertiary/aromatic N) is 2. The molecule has 7 nitrogen and oxygen atoms in total. The monoisotopic (exact) mass is 329 g/mol. The van der Waals surface area contributed by atoms with Crippen LogP contribution in [0.15, 0.2) is 24.3 Å². The Labute approximate surface area is 139 Å². The van der Waals surface area contributed by atoms with E-state index in [0.717, 1.165) is 22.4 Å². The number of aryl methyl sites for hydroxylation is 1. The maximum Gasteiger partial charge on any atom is 0.325 e. The van der Waals surface area contributed by atoms with Gasteiger partial charge in [0.1, 0.15) is 12.1 Å². The molecule has 0 radical (unpaired) electrons. The first-order chi connectivity index (χ1) is 11.6. The lowest BCUT2D eigenvalue weighted by Gasteiger charge is -2.28. The number of rotatable bonds is 2. The topological polar surface area (TPSA) is 79.0 Å². The zero-order valence-corrected chi connectivity index (χ0v) is 13.3. The molecule has 2 aliphatic heterocycles. The van der Waals surface area contributed by atoms with Gasteiger partial charge in [-0.15, -0.1) is 0 Å². The van der Waals surface area contributed by atoms with E-state index in [1.54, 1.807) is 4.90 Å². The third-order valence-corrected chi connectivity index (χ3v) is 5.08. The number of nitrogens with one attached hydrogen (secondary N) is 1. The lowest BCUT2D eigenvalue weighted by molar-refractivity contribution is -0.141. The second-order valence-corrected chi connectivity index (χ2v) is 6.38. The van der Waals surface area contributed by atoms with E-state index in [2.05, 4.69) is 5.32 Å². The number of carbonyl (C=O) groups excluding carboxylic acids is 3. The van der Waals surface area contributed by atoms with Gasteiger partial charge < -0.3 is 15.0 Å². The fraction of sp³-hybridized carbons (Fsp3) is 0.471.